The summed E-state index contributed by atoms with van der Waals surface area (Å²) in [7, 11) is 0. The molecule has 1 N–H and O–H groups in total. The molecule has 0 bridgehead atoms. The van der Waals surface area contributed by atoms with Crippen molar-refractivity contribution >= 4 is 0 Å². The minimum absolute atomic E-state index is 0.619. The van der Waals surface area contributed by atoms with Crippen LogP contribution in [0, 0.1) is 12.3 Å². The van der Waals surface area contributed by atoms with Crippen LogP contribution in [-0.4, -0.2) is 37.1 Å². The maximum absolute atomic E-state index is 5.26. The summed E-state index contributed by atoms with van der Waals surface area (Å²) in [5.74, 6) is 2.65. The maximum Gasteiger partial charge on any atom is 0.0575 e. The van der Waals surface area contributed by atoms with Crippen molar-refractivity contribution in [3.8, 4) is 12.3 Å². The average Bonchev–Trinajstić information content (AvgIpc) is 2.45. The molecule has 0 radical (unpaired) electrons. The summed E-state index contributed by atoms with van der Waals surface area (Å²) in [6.45, 7) is 4.25. The first-order valence-corrected chi connectivity index (χ1v) is 6.81. The number of hydrogen-bond acceptors (Lipinski definition) is 2. The number of nitrogens with one attached hydrogen (secondary N) is 1. The molecule has 0 amide bonds. The Morgan fingerprint density at radius 2 is 1.94 bits per heavy atom. The second-order valence-electron chi connectivity index (χ2n) is 4.94. The lowest BCUT2D eigenvalue weighted by atomic mass is 10.0. The first kappa shape index (κ1) is 13.1. The van der Waals surface area contributed by atoms with Crippen LogP contribution in [0.4, 0.5) is 0 Å². The molecule has 1 aromatic rings. The zero-order valence-electron chi connectivity index (χ0n) is 10.9. The summed E-state index contributed by atoms with van der Waals surface area (Å²) in [5.41, 5.74) is 1.44. The Morgan fingerprint density at radius 3 is 2.61 bits per heavy atom. The van der Waals surface area contributed by atoms with Crippen molar-refractivity contribution < 1.29 is 0 Å². The van der Waals surface area contributed by atoms with E-state index in [1.807, 2.05) is 0 Å². The van der Waals surface area contributed by atoms with Gasteiger partial charge >= 0.3 is 0 Å². The van der Waals surface area contributed by atoms with E-state index in [0.29, 0.717) is 12.6 Å². The minimum Gasteiger partial charge on any atom is -0.303 e. The number of hydrogen-bond donors (Lipinski definition) is 1. The van der Waals surface area contributed by atoms with Crippen LogP contribution in [0.25, 0.3) is 0 Å². The van der Waals surface area contributed by atoms with Gasteiger partial charge in [0.1, 0.15) is 0 Å². The van der Waals surface area contributed by atoms with Crippen molar-refractivity contribution in [2.24, 2.45) is 0 Å². The standard InChI is InChI=1S/C16H22N2/c1-2-11-17-16-9-13-18(14-10-16)12-8-15-6-4-3-5-7-15/h1,3-7,16-17H,8-14H2. The van der Waals surface area contributed by atoms with Crippen LogP contribution >= 0.6 is 0 Å². The van der Waals surface area contributed by atoms with Crippen molar-refractivity contribution in [3.63, 3.8) is 0 Å². The number of nitrogens with zero attached hydrogens (tertiary/aromatic N) is 1. The third-order valence-electron chi connectivity index (χ3n) is 3.64. The van der Waals surface area contributed by atoms with Crippen molar-refractivity contribution in [2.45, 2.75) is 25.3 Å². The molecule has 2 rings (SSSR count). The molecule has 0 atom stereocenters. The van der Waals surface area contributed by atoms with Gasteiger partial charge in [-0.3, -0.25) is 0 Å². The van der Waals surface area contributed by atoms with E-state index in [9.17, 15) is 0 Å². The van der Waals surface area contributed by atoms with Crippen LogP contribution in [0.1, 0.15) is 18.4 Å². The summed E-state index contributed by atoms with van der Waals surface area (Å²) in [4.78, 5) is 2.56. The highest BCUT2D eigenvalue weighted by Gasteiger charge is 2.17. The highest BCUT2D eigenvalue weighted by atomic mass is 15.1. The molecule has 0 unspecified atom stereocenters. The minimum atomic E-state index is 0.619. The van der Waals surface area contributed by atoms with E-state index in [-0.39, 0.29) is 0 Å². The van der Waals surface area contributed by atoms with Gasteiger partial charge in [-0.15, -0.1) is 6.42 Å². The largest absolute Gasteiger partial charge is 0.303 e. The lowest BCUT2D eigenvalue weighted by molar-refractivity contribution is 0.202. The number of terminal acetylenes is 1. The normalized spacial score (nSPS) is 17.5. The predicted molar refractivity (Wildman–Crippen MR) is 76.4 cm³/mol. The SMILES string of the molecule is C#CCNC1CCN(CCc2ccccc2)CC1. The summed E-state index contributed by atoms with van der Waals surface area (Å²) in [6.07, 6.45) is 8.86. The summed E-state index contributed by atoms with van der Waals surface area (Å²) < 4.78 is 0. The molecule has 2 heteroatoms. The van der Waals surface area contributed by atoms with Crippen molar-refractivity contribution in [2.75, 3.05) is 26.2 Å². The van der Waals surface area contributed by atoms with Gasteiger partial charge in [-0.05, 0) is 37.9 Å². The topological polar surface area (TPSA) is 15.3 Å². The molecule has 0 aromatic heterocycles. The zero-order valence-corrected chi connectivity index (χ0v) is 10.9. The molecule has 96 valence electrons. The third kappa shape index (κ3) is 4.18. The van der Waals surface area contributed by atoms with Crippen LogP contribution in [0.2, 0.25) is 0 Å². The zero-order chi connectivity index (χ0) is 12.6. The van der Waals surface area contributed by atoms with Crippen LogP contribution in [0.3, 0.4) is 0 Å². The van der Waals surface area contributed by atoms with E-state index >= 15 is 0 Å². The molecule has 1 aliphatic rings. The Labute approximate surface area is 110 Å². The maximum atomic E-state index is 5.26. The second-order valence-corrected chi connectivity index (χ2v) is 4.94. The van der Waals surface area contributed by atoms with E-state index in [2.05, 4.69) is 46.5 Å². The molecule has 1 aromatic carbocycles. The first-order valence-electron chi connectivity index (χ1n) is 6.81. The van der Waals surface area contributed by atoms with E-state index in [0.717, 1.165) is 6.42 Å². The Kier molecular flexibility index (Phi) is 5.26. The Balaban J connectivity index is 1.66. The summed E-state index contributed by atoms with van der Waals surface area (Å²) in [6, 6.07) is 11.3. The number of rotatable bonds is 5. The highest BCUT2D eigenvalue weighted by molar-refractivity contribution is 5.14. The fraction of sp³-hybridized carbons (Fsp3) is 0.500. The number of piperidine rings is 1. The van der Waals surface area contributed by atoms with Gasteiger partial charge in [0.2, 0.25) is 0 Å². The average molecular weight is 242 g/mol. The smallest absolute Gasteiger partial charge is 0.0575 e. The van der Waals surface area contributed by atoms with E-state index < -0.39 is 0 Å². The van der Waals surface area contributed by atoms with Crippen molar-refractivity contribution in [3.05, 3.63) is 35.9 Å². The second kappa shape index (κ2) is 7.20. The Bertz CT molecular complexity index is 372. The number of likely N-dealkylation sites (tertiary alicyclic amines) is 1. The predicted octanol–water partition coefficient (Wildman–Crippen LogP) is 1.92. The molecule has 1 heterocycles. The highest BCUT2D eigenvalue weighted by Crippen LogP contribution is 2.11. The van der Waals surface area contributed by atoms with Gasteiger partial charge in [0.15, 0.2) is 0 Å². The van der Waals surface area contributed by atoms with Crippen LogP contribution in [0.15, 0.2) is 30.3 Å². The lowest BCUT2D eigenvalue weighted by Gasteiger charge is -2.32. The van der Waals surface area contributed by atoms with Crippen LogP contribution in [0.5, 0.6) is 0 Å². The molecule has 1 aliphatic heterocycles. The molecule has 2 nitrogen and oxygen atoms in total. The Hall–Kier alpha value is -1.30. The van der Waals surface area contributed by atoms with Gasteiger partial charge in [0.25, 0.3) is 0 Å². The molecule has 0 aliphatic carbocycles. The molecule has 0 saturated carbocycles. The molecular formula is C16H22N2. The van der Waals surface area contributed by atoms with Crippen LogP contribution < -0.4 is 5.32 Å². The van der Waals surface area contributed by atoms with Gasteiger partial charge in [-0.1, -0.05) is 36.3 Å². The van der Waals surface area contributed by atoms with Gasteiger partial charge < -0.3 is 10.2 Å². The summed E-state index contributed by atoms with van der Waals surface area (Å²) in [5, 5.41) is 3.40. The number of benzene rings is 1. The van der Waals surface area contributed by atoms with Gasteiger partial charge in [0, 0.05) is 12.6 Å². The van der Waals surface area contributed by atoms with E-state index in [1.54, 1.807) is 0 Å². The van der Waals surface area contributed by atoms with Gasteiger partial charge in [-0.2, -0.15) is 0 Å². The fourth-order valence-electron chi connectivity index (χ4n) is 2.50. The van der Waals surface area contributed by atoms with Crippen LogP contribution in [-0.2, 0) is 6.42 Å². The van der Waals surface area contributed by atoms with E-state index in [1.165, 1.54) is 38.0 Å². The van der Waals surface area contributed by atoms with Gasteiger partial charge in [-0.25, -0.2) is 0 Å². The van der Waals surface area contributed by atoms with Crippen molar-refractivity contribution in [1.29, 1.82) is 0 Å². The third-order valence-corrected chi connectivity index (χ3v) is 3.64. The first-order chi connectivity index (χ1) is 8.88. The Morgan fingerprint density at radius 1 is 1.22 bits per heavy atom. The molecule has 18 heavy (non-hydrogen) atoms. The quantitative estimate of drug-likeness (QED) is 0.794. The lowest BCUT2D eigenvalue weighted by Crippen LogP contribution is -2.43. The van der Waals surface area contributed by atoms with Crippen molar-refractivity contribution in [1.82, 2.24) is 10.2 Å². The summed E-state index contributed by atoms with van der Waals surface area (Å²) >= 11 is 0. The monoisotopic (exact) mass is 242 g/mol. The molecule has 1 fully saturated rings. The van der Waals surface area contributed by atoms with E-state index in [4.69, 9.17) is 6.42 Å². The molecular weight excluding hydrogens is 220 g/mol. The molecule has 0 spiro atoms. The van der Waals surface area contributed by atoms with Gasteiger partial charge in [0.05, 0.1) is 6.54 Å². The molecule has 1 saturated heterocycles. The fourth-order valence-corrected chi connectivity index (χ4v) is 2.50.